The van der Waals surface area contributed by atoms with Gasteiger partial charge in [0.25, 0.3) is 0 Å². The Bertz CT molecular complexity index is 1160. The van der Waals surface area contributed by atoms with Crippen LogP contribution in [0.4, 0.5) is 24.5 Å². The summed E-state index contributed by atoms with van der Waals surface area (Å²) < 4.78 is 67.0. The predicted octanol–water partition coefficient (Wildman–Crippen LogP) is 4.06. The molecule has 1 unspecified atom stereocenters. The number of anilines is 2. The monoisotopic (exact) mass is 499 g/mol. The zero-order valence-electron chi connectivity index (χ0n) is 18.2. The smallest absolute Gasteiger partial charge is 0.369 e. The molecule has 4 rings (SSSR count). The van der Waals surface area contributed by atoms with Gasteiger partial charge in [-0.1, -0.05) is 13.0 Å². The summed E-state index contributed by atoms with van der Waals surface area (Å²) in [4.78, 5) is 16.4. The Morgan fingerprint density at radius 3 is 2.39 bits per heavy atom. The molecule has 0 aromatic heterocycles. The maximum absolute atomic E-state index is 13.3. The van der Waals surface area contributed by atoms with Gasteiger partial charge in [0, 0.05) is 55.5 Å². The van der Waals surface area contributed by atoms with Gasteiger partial charge in [0.2, 0.25) is 15.9 Å². The standard InChI is InChI=1S/C22H24F3N3O3S2/c1-15-14-28(16(2)29)20-13-19(6-7-21(20)32-15)33(30,31)27-10-8-26(9-11-27)18-5-3-4-17(12-18)22(23,24)25/h3-7,12-13,15H,8-11,14H2,1-2H3. The number of rotatable bonds is 3. The molecule has 11 heteroatoms. The van der Waals surface area contributed by atoms with Gasteiger partial charge >= 0.3 is 6.18 Å². The number of carbonyl (C=O) groups is 1. The van der Waals surface area contributed by atoms with Crippen LogP contribution in [-0.2, 0) is 21.0 Å². The molecule has 2 aromatic rings. The molecule has 1 saturated heterocycles. The van der Waals surface area contributed by atoms with E-state index >= 15 is 0 Å². The van der Waals surface area contributed by atoms with Crippen molar-refractivity contribution >= 4 is 39.1 Å². The van der Waals surface area contributed by atoms with Crippen LogP contribution in [0.1, 0.15) is 19.4 Å². The lowest BCUT2D eigenvalue weighted by Crippen LogP contribution is -2.48. The molecule has 2 aliphatic rings. The Hall–Kier alpha value is -2.24. The van der Waals surface area contributed by atoms with Crippen molar-refractivity contribution in [1.82, 2.24) is 4.31 Å². The fourth-order valence-corrected chi connectivity index (χ4v) is 6.63. The molecule has 2 aromatic carbocycles. The third-order valence-electron chi connectivity index (χ3n) is 5.78. The quantitative estimate of drug-likeness (QED) is 0.638. The molecular weight excluding hydrogens is 475 g/mol. The first-order chi connectivity index (χ1) is 15.5. The Kier molecular flexibility index (Phi) is 6.41. The number of carbonyl (C=O) groups excluding carboxylic acids is 1. The summed E-state index contributed by atoms with van der Waals surface area (Å²) in [7, 11) is -3.82. The average molecular weight is 500 g/mol. The molecule has 33 heavy (non-hydrogen) atoms. The fraction of sp³-hybridized carbons (Fsp3) is 0.409. The number of hydrogen-bond donors (Lipinski definition) is 0. The predicted molar refractivity (Wildman–Crippen MR) is 122 cm³/mol. The summed E-state index contributed by atoms with van der Waals surface area (Å²) in [5, 5.41) is 0.202. The van der Waals surface area contributed by atoms with Gasteiger partial charge in [-0.25, -0.2) is 8.42 Å². The van der Waals surface area contributed by atoms with Crippen molar-refractivity contribution in [2.45, 2.75) is 35.1 Å². The largest absolute Gasteiger partial charge is 0.416 e. The Morgan fingerprint density at radius 1 is 1.06 bits per heavy atom. The minimum absolute atomic E-state index is 0.107. The number of amides is 1. The highest BCUT2D eigenvalue weighted by atomic mass is 32.2. The van der Waals surface area contributed by atoms with Crippen molar-refractivity contribution in [3.63, 3.8) is 0 Å². The second kappa shape index (κ2) is 8.84. The zero-order valence-corrected chi connectivity index (χ0v) is 19.8. The summed E-state index contributed by atoms with van der Waals surface area (Å²) in [5.74, 6) is -0.146. The van der Waals surface area contributed by atoms with Crippen LogP contribution < -0.4 is 9.80 Å². The molecule has 0 N–H and O–H groups in total. The van der Waals surface area contributed by atoms with Crippen LogP contribution in [0.3, 0.4) is 0 Å². The number of nitrogens with zero attached hydrogens (tertiary/aromatic N) is 3. The van der Waals surface area contributed by atoms with Crippen molar-refractivity contribution < 1.29 is 26.4 Å². The zero-order chi connectivity index (χ0) is 24.0. The molecule has 1 atom stereocenters. The molecule has 0 spiro atoms. The molecule has 2 heterocycles. The second-order valence-electron chi connectivity index (χ2n) is 8.13. The highest BCUT2D eigenvalue weighted by Crippen LogP contribution is 2.40. The number of piperazine rings is 1. The van der Waals surface area contributed by atoms with Gasteiger partial charge in [-0.05, 0) is 36.4 Å². The van der Waals surface area contributed by atoms with Crippen LogP contribution >= 0.6 is 11.8 Å². The van der Waals surface area contributed by atoms with Crippen molar-refractivity contribution in [2.75, 3.05) is 42.5 Å². The molecule has 1 amide bonds. The number of hydrogen-bond acceptors (Lipinski definition) is 5. The first-order valence-electron chi connectivity index (χ1n) is 10.5. The van der Waals surface area contributed by atoms with Crippen LogP contribution in [0, 0.1) is 0 Å². The third-order valence-corrected chi connectivity index (χ3v) is 8.83. The van der Waals surface area contributed by atoms with E-state index in [-0.39, 0.29) is 42.2 Å². The normalized spacial score (nSPS) is 20.0. The van der Waals surface area contributed by atoms with Crippen molar-refractivity contribution in [3.8, 4) is 0 Å². The van der Waals surface area contributed by atoms with Gasteiger partial charge in [0.15, 0.2) is 0 Å². The highest BCUT2D eigenvalue weighted by molar-refractivity contribution is 8.00. The fourth-order valence-electron chi connectivity index (χ4n) is 4.09. The summed E-state index contributed by atoms with van der Waals surface area (Å²) in [6.45, 7) is 4.83. The summed E-state index contributed by atoms with van der Waals surface area (Å²) >= 11 is 1.60. The van der Waals surface area contributed by atoms with Crippen molar-refractivity contribution in [2.24, 2.45) is 0 Å². The van der Waals surface area contributed by atoms with Gasteiger partial charge in [-0.3, -0.25) is 4.79 Å². The number of sulfonamides is 1. The van der Waals surface area contributed by atoms with Gasteiger partial charge in [0.05, 0.1) is 16.1 Å². The summed E-state index contributed by atoms with van der Waals surface area (Å²) in [6.07, 6.45) is -4.43. The number of thioether (sulfide) groups is 1. The molecule has 0 radical (unpaired) electrons. The van der Waals surface area contributed by atoms with Crippen molar-refractivity contribution in [1.29, 1.82) is 0 Å². The van der Waals surface area contributed by atoms with E-state index in [1.54, 1.807) is 45.8 Å². The van der Waals surface area contributed by atoms with Crippen LogP contribution in [0.2, 0.25) is 0 Å². The maximum atomic E-state index is 13.3. The van der Waals surface area contributed by atoms with Crippen LogP contribution in [0.5, 0.6) is 0 Å². The first kappa shape index (κ1) is 23.9. The van der Waals surface area contributed by atoms with Gasteiger partial charge in [-0.15, -0.1) is 11.8 Å². The van der Waals surface area contributed by atoms with Crippen molar-refractivity contribution in [3.05, 3.63) is 48.0 Å². The molecule has 0 aliphatic carbocycles. The minimum Gasteiger partial charge on any atom is -0.369 e. The first-order valence-corrected chi connectivity index (χ1v) is 12.8. The van der Waals surface area contributed by atoms with E-state index < -0.39 is 21.8 Å². The lowest BCUT2D eigenvalue weighted by molar-refractivity contribution is -0.137. The Morgan fingerprint density at radius 2 is 1.76 bits per heavy atom. The summed E-state index contributed by atoms with van der Waals surface area (Å²) in [5.41, 5.74) is 0.277. The van der Waals surface area contributed by atoms with E-state index in [0.717, 1.165) is 17.0 Å². The number of fused-ring (bicyclic) bond motifs is 1. The molecule has 0 saturated carbocycles. The van der Waals surface area contributed by atoms with Crippen LogP contribution in [-0.4, -0.2) is 56.6 Å². The third kappa shape index (κ3) is 4.85. The van der Waals surface area contributed by atoms with E-state index in [9.17, 15) is 26.4 Å². The average Bonchev–Trinajstić information content (AvgIpc) is 2.77. The SMILES string of the molecule is CC(=O)N1CC(C)Sc2ccc(S(=O)(=O)N3CCN(c4cccc(C(F)(F)F)c4)CC3)cc21. The van der Waals surface area contributed by atoms with Gasteiger partial charge < -0.3 is 9.80 Å². The van der Waals surface area contributed by atoms with Crippen LogP contribution in [0.25, 0.3) is 0 Å². The topological polar surface area (TPSA) is 60.9 Å². The number of halogens is 3. The highest BCUT2D eigenvalue weighted by Gasteiger charge is 2.33. The molecule has 1 fully saturated rings. The van der Waals surface area contributed by atoms with E-state index in [0.29, 0.717) is 17.9 Å². The van der Waals surface area contributed by atoms with Gasteiger partial charge in [0.1, 0.15) is 0 Å². The number of alkyl halides is 3. The van der Waals surface area contributed by atoms with E-state index in [1.165, 1.54) is 17.3 Å². The minimum atomic E-state index is -4.43. The molecule has 6 nitrogen and oxygen atoms in total. The molecule has 0 bridgehead atoms. The van der Waals surface area contributed by atoms with E-state index in [4.69, 9.17) is 0 Å². The van der Waals surface area contributed by atoms with Gasteiger partial charge in [-0.2, -0.15) is 17.5 Å². The Balaban J connectivity index is 1.52. The molecule has 2 aliphatic heterocycles. The van der Waals surface area contributed by atoms with E-state index in [1.807, 2.05) is 6.92 Å². The van der Waals surface area contributed by atoms with Crippen LogP contribution in [0.15, 0.2) is 52.3 Å². The molecule has 178 valence electrons. The number of benzene rings is 2. The maximum Gasteiger partial charge on any atom is 0.416 e. The lowest BCUT2D eigenvalue weighted by atomic mass is 10.1. The summed E-state index contributed by atoms with van der Waals surface area (Å²) in [6, 6.07) is 9.89. The molecular formula is C22H24F3N3O3S2. The Labute approximate surface area is 195 Å². The van der Waals surface area contributed by atoms with E-state index in [2.05, 4.69) is 0 Å². The lowest BCUT2D eigenvalue weighted by Gasteiger charge is -2.36. The second-order valence-corrected chi connectivity index (χ2v) is 11.5.